The van der Waals surface area contributed by atoms with Gasteiger partial charge in [-0.1, -0.05) is 29.8 Å². The van der Waals surface area contributed by atoms with Crippen LogP contribution in [-0.2, 0) is 4.79 Å². The number of nitrogens with one attached hydrogen (secondary N) is 1. The SMILES string of the molecule is C[C@@H](NCC(N)=O)c1ccccc1Cl. The Hall–Kier alpha value is -1.06. The molecule has 3 N–H and O–H groups in total. The number of nitrogens with two attached hydrogens (primary N) is 1. The first-order valence-electron chi connectivity index (χ1n) is 4.37. The maximum Gasteiger partial charge on any atom is 0.231 e. The summed E-state index contributed by atoms with van der Waals surface area (Å²) in [5, 5.41) is 3.67. The average molecular weight is 213 g/mol. The molecule has 0 aliphatic carbocycles. The smallest absolute Gasteiger partial charge is 0.231 e. The zero-order valence-corrected chi connectivity index (χ0v) is 8.71. The van der Waals surface area contributed by atoms with Gasteiger partial charge in [0.05, 0.1) is 6.54 Å². The molecule has 0 aromatic heterocycles. The third-order valence-electron chi connectivity index (χ3n) is 1.95. The van der Waals surface area contributed by atoms with Crippen LogP contribution in [0.5, 0.6) is 0 Å². The highest BCUT2D eigenvalue weighted by atomic mass is 35.5. The monoisotopic (exact) mass is 212 g/mol. The summed E-state index contributed by atoms with van der Waals surface area (Å²) >= 11 is 5.98. The Morgan fingerprint density at radius 3 is 2.79 bits per heavy atom. The first-order chi connectivity index (χ1) is 6.61. The first-order valence-corrected chi connectivity index (χ1v) is 4.75. The number of hydrogen-bond acceptors (Lipinski definition) is 2. The fraction of sp³-hybridized carbons (Fsp3) is 0.300. The molecule has 1 aromatic rings. The Kier molecular flexibility index (Phi) is 3.92. The van der Waals surface area contributed by atoms with Gasteiger partial charge in [0.1, 0.15) is 0 Å². The molecule has 0 saturated carbocycles. The summed E-state index contributed by atoms with van der Waals surface area (Å²) in [4.78, 5) is 10.5. The topological polar surface area (TPSA) is 55.1 Å². The Labute approximate surface area is 88.2 Å². The van der Waals surface area contributed by atoms with Crippen LogP contribution < -0.4 is 11.1 Å². The number of halogens is 1. The molecule has 14 heavy (non-hydrogen) atoms. The van der Waals surface area contributed by atoms with Crippen LogP contribution in [0.1, 0.15) is 18.5 Å². The van der Waals surface area contributed by atoms with Gasteiger partial charge in [-0.25, -0.2) is 0 Å². The molecular formula is C10H13ClN2O. The van der Waals surface area contributed by atoms with E-state index in [-0.39, 0.29) is 18.5 Å². The van der Waals surface area contributed by atoms with Gasteiger partial charge in [-0.3, -0.25) is 4.79 Å². The van der Waals surface area contributed by atoms with Crippen molar-refractivity contribution in [2.75, 3.05) is 6.54 Å². The second kappa shape index (κ2) is 4.98. The van der Waals surface area contributed by atoms with E-state index in [1.165, 1.54) is 0 Å². The normalized spacial score (nSPS) is 12.4. The van der Waals surface area contributed by atoms with E-state index in [2.05, 4.69) is 5.32 Å². The summed E-state index contributed by atoms with van der Waals surface area (Å²) in [6.07, 6.45) is 0. The van der Waals surface area contributed by atoms with Crippen molar-refractivity contribution in [1.82, 2.24) is 5.32 Å². The highest BCUT2D eigenvalue weighted by Crippen LogP contribution is 2.21. The third-order valence-corrected chi connectivity index (χ3v) is 2.30. The van der Waals surface area contributed by atoms with Gasteiger partial charge in [-0.2, -0.15) is 0 Å². The van der Waals surface area contributed by atoms with Crippen LogP contribution in [0.4, 0.5) is 0 Å². The Balaban J connectivity index is 2.65. The first kappa shape index (κ1) is 11.0. The summed E-state index contributed by atoms with van der Waals surface area (Å²) < 4.78 is 0. The van der Waals surface area contributed by atoms with Gasteiger partial charge >= 0.3 is 0 Å². The minimum absolute atomic E-state index is 0.0243. The van der Waals surface area contributed by atoms with Gasteiger partial charge in [0.15, 0.2) is 0 Å². The molecule has 4 heteroatoms. The van der Waals surface area contributed by atoms with Crippen molar-refractivity contribution in [3.05, 3.63) is 34.9 Å². The minimum atomic E-state index is -0.371. The lowest BCUT2D eigenvalue weighted by atomic mass is 10.1. The molecule has 1 amide bonds. The number of rotatable bonds is 4. The zero-order chi connectivity index (χ0) is 10.6. The molecule has 0 saturated heterocycles. The second-order valence-corrected chi connectivity index (χ2v) is 3.50. The van der Waals surface area contributed by atoms with Gasteiger partial charge in [0, 0.05) is 11.1 Å². The molecule has 0 aliphatic heterocycles. The van der Waals surface area contributed by atoms with E-state index in [9.17, 15) is 4.79 Å². The van der Waals surface area contributed by atoms with Crippen LogP contribution >= 0.6 is 11.6 Å². The predicted molar refractivity (Wildman–Crippen MR) is 57.1 cm³/mol. The van der Waals surface area contributed by atoms with E-state index in [4.69, 9.17) is 17.3 Å². The van der Waals surface area contributed by atoms with Crippen LogP contribution in [0.15, 0.2) is 24.3 Å². The van der Waals surface area contributed by atoms with Crippen LogP contribution in [0, 0.1) is 0 Å². The molecule has 0 bridgehead atoms. The summed E-state index contributed by atoms with van der Waals surface area (Å²) in [6, 6.07) is 7.53. The van der Waals surface area contributed by atoms with E-state index in [0.717, 1.165) is 5.56 Å². The molecule has 0 aliphatic rings. The van der Waals surface area contributed by atoms with Crippen LogP contribution in [0.3, 0.4) is 0 Å². The highest BCUT2D eigenvalue weighted by Gasteiger charge is 2.08. The van der Waals surface area contributed by atoms with Crippen molar-refractivity contribution >= 4 is 17.5 Å². The van der Waals surface area contributed by atoms with Crippen molar-refractivity contribution in [3.63, 3.8) is 0 Å². The van der Waals surface area contributed by atoms with Crippen molar-refractivity contribution in [2.45, 2.75) is 13.0 Å². The molecule has 0 heterocycles. The molecule has 1 aromatic carbocycles. The Bertz CT molecular complexity index is 328. The van der Waals surface area contributed by atoms with Gasteiger partial charge < -0.3 is 11.1 Å². The van der Waals surface area contributed by atoms with Crippen LogP contribution in [0.2, 0.25) is 5.02 Å². The molecule has 0 unspecified atom stereocenters. The maximum atomic E-state index is 10.5. The lowest BCUT2D eigenvalue weighted by molar-refractivity contribution is -0.117. The third kappa shape index (κ3) is 3.01. The standard InChI is InChI=1S/C10H13ClN2O/c1-7(13-6-10(12)14)8-4-2-3-5-9(8)11/h2-5,7,13H,6H2,1H3,(H2,12,14)/t7-/m1/s1. The molecule has 76 valence electrons. The largest absolute Gasteiger partial charge is 0.369 e. The van der Waals surface area contributed by atoms with Gasteiger partial charge in [-0.15, -0.1) is 0 Å². The quantitative estimate of drug-likeness (QED) is 0.795. The zero-order valence-electron chi connectivity index (χ0n) is 7.96. The van der Waals surface area contributed by atoms with Crippen molar-refractivity contribution in [1.29, 1.82) is 0 Å². The van der Waals surface area contributed by atoms with E-state index in [1.807, 2.05) is 31.2 Å². The molecule has 3 nitrogen and oxygen atoms in total. The summed E-state index contributed by atoms with van der Waals surface area (Å²) in [5.74, 6) is -0.371. The number of hydrogen-bond donors (Lipinski definition) is 2. The predicted octanol–water partition coefficient (Wildman–Crippen LogP) is 1.48. The fourth-order valence-electron chi connectivity index (χ4n) is 1.19. The number of carbonyl (C=O) groups excluding carboxylic acids is 1. The van der Waals surface area contributed by atoms with Gasteiger partial charge in [0.25, 0.3) is 0 Å². The molecule has 1 rings (SSSR count). The lowest BCUT2D eigenvalue weighted by Crippen LogP contribution is -2.30. The molecule has 0 fully saturated rings. The van der Waals surface area contributed by atoms with Gasteiger partial charge in [0.2, 0.25) is 5.91 Å². The number of amides is 1. The summed E-state index contributed by atoms with van der Waals surface area (Å²) in [6.45, 7) is 2.09. The van der Waals surface area contributed by atoms with E-state index in [1.54, 1.807) is 0 Å². The fourth-order valence-corrected chi connectivity index (χ4v) is 1.49. The number of benzene rings is 1. The molecule has 0 radical (unpaired) electrons. The van der Waals surface area contributed by atoms with Gasteiger partial charge in [-0.05, 0) is 18.6 Å². The number of carbonyl (C=O) groups is 1. The van der Waals surface area contributed by atoms with Crippen molar-refractivity contribution in [3.8, 4) is 0 Å². The summed E-state index contributed by atoms with van der Waals surface area (Å²) in [7, 11) is 0. The summed E-state index contributed by atoms with van der Waals surface area (Å²) in [5.41, 5.74) is 5.99. The molecular weight excluding hydrogens is 200 g/mol. The molecule has 1 atom stereocenters. The Morgan fingerprint density at radius 2 is 2.21 bits per heavy atom. The minimum Gasteiger partial charge on any atom is -0.369 e. The maximum absolute atomic E-state index is 10.5. The average Bonchev–Trinajstić information content (AvgIpc) is 2.15. The Morgan fingerprint density at radius 1 is 1.57 bits per heavy atom. The van der Waals surface area contributed by atoms with Crippen molar-refractivity contribution < 1.29 is 4.79 Å². The second-order valence-electron chi connectivity index (χ2n) is 3.09. The van der Waals surface area contributed by atoms with Crippen molar-refractivity contribution in [2.24, 2.45) is 5.73 Å². The van der Waals surface area contributed by atoms with Crippen LogP contribution in [0.25, 0.3) is 0 Å². The van der Waals surface area contributed by atoms with E-state index in [0.29, 0.717) is 5.02 Å². The van der Waals surface area contributed by atoms with E-state index < -0.39 is 0 Å². The molecule has 0 spiro atoms. The van der Waals surface area contributed by atoms with Crippen LogP contribution in [-0.4, -0.2) is 12.5 Å². The number of primary amides is 1. The lowest BCUT2D eigenvalue weighted by Gasteiger charge is -2.14. The highest BCUT2D eigenvalue weighted by molar-refractivity contribution is 6.31. The van der Waals surface area contributed by atoms with E-state index >= 15 is 0 Å².